The van der Waals surface area contributed by atoms with Gasteiger partial charge in [0.1, 0.15) is 36.6 Å². The molecule has 2 fully saturated rings. The fourth-order valence-corrected chi connectivity index (χ4v) is 10.7. The van der Waals surface area contributed by atoms with E-state index < -0.39 is 111 Å². The van der Waals surface area contributed by atoms with Gasteiger partial charge in [0.15, 0.2) is 29.2 Å². The standard InChI is InChI=1S/C21H31N11O20P4/c1-30-5-32(15-9(30)17(38)28-21(23)26-15)19-13(36)10(33)6(50-19)2-47-53(39,40)29-54(41,42)51-56(45,46)52-55(43,44)48-3-7-11(34)12(35)18(49-7)31-4-24-8-14(31)25-20(22)27-16(8)37/h4-7,10-13,18-19,33-36H,2-3H2,1H3,(H10-,22,23,25,26,27,28,29,37,38,39,40,41,42,43,44,45,46)/p-4/t6-,7-,10-,11-,12-,13-,18-,19-/m1/s1. The number of nitrogens with zero attached hydrogens (tertiary/aromatic N) is 7. The van der Waals surface area contributed by atoms with Crippen LogP contribution in [0.15, 0.2) is 17.4 Å². The number of nitrogens with one attached hydrogen (secondary N) is 2. The lowest BCUT2D eigenvalue weighted by Gasteiger charge is -2.37. The number of aromatic amines is 1. The van der Waals surface area contributed by atoms with E-state index in [1.807, 2.05) is 0 Å². The van der Waals surface area contributed by atoms with Crippen LogP contribution in [-0.2, 0) is 52.5 Å². The molecule has 2 aliphatic rings. The van der Waals surface area contributed by atoms with Gasteiger partial charge in [-0.1, -0.05) is 4.98 Å². The number of aliphatic hydroxyl groups is 4. The molecule has 0 aliphatic carbocycles. The summed E-state index contributed by atoms with van der Waals surface area (Å²) >= 11 is 0. The molecule has 10 N–H and O–H groups in total. The average Bonchev–Trinajstić information content (AvgIpc) is 3.77. The first-order chi connectivity index (χ1) is 25.9. The molecule has 35 heteroatoms. The normalized spacial score (nSPS) is 29.9. The van der Waals surface area contributed by atoms with E-state index in [2.05, 4.69) is 42.6 Å². The van der Waals surface area contributed by atoms with Gasteiger partial charge in [0.2, 0.25) is 27.7 Å². The molecule has 31 nitrogen and oxygen atoms in total. The molecular formula is C21H27N11O20P4-4. The summed E-state index contributed by atoms with van der Waals surface area (Å²) in [5.41, 5.74) is 9.55. The van der Waals surface area contributed by atoms with Crippen LogP contribution in [0.3, 0.4) is 0 Å². The number of phosphoric acid groups is 2. The molecule has 56 heavy (non-hydrogen) atoms. The molecule has 0 bridgehead atoms. The zero-order valence-corrected chi connectivity index (χ0v) is 31.2. The predicted octanol–water partition coefficient (Wildman–Crippen LogP) is -7.61. The molecule has 0 radical (unpaired) electrons. The highest BCUT2D eigenvalue weighted by Gasteiger charge is 2.48. The highest BCUT2D eigenvalue weighted by atomic mass is 31.3. The Bertz CT molecular complexity index is 2410. The van der Waals surface area contributed by atoms with Crippen molar-refractivity contribution in [3.63, 3.8) is 0 Å². The Morgan fingerprint density at radius 3 is 2.25 bits per heavy atom. The van der Waals surface area contributed by atoms with Crippen molar-refractivity contribution >= 4 is 65.4 Å². The van der Waals surface area contributed by atoms with Crippen LogP contribution in [0.5, 0.6) is 5.88 Å². The lowest BCUT2D eigenvalue weighted by molar-refractivity contribution is -0.745. The molecule has 310 valence electrons. The first-order valence-electron chi connectivity index (χ1n) is 15.1. The second-order valence-electron chi connectivity index (χ2n) is 11.8. The smallest absolute Gasteiger partial charge is 0.309 e. The Labute approximate surface area is 309 Å². The second-order valence-corrected chi connectivity index (χ2v) is 18.2. The van der Waals surface area contributed by atoms with Gasteiger partial charge in [0, 0.05) is 5.88 Å². The number of aromatic nitrogens is 8. The van der Waals surface area contributed by atoms with Crippen molar-refractivity contribution in [1.29, 1.82) is 0 Å². The third kappa shape index (κ3) is 8.71. The van der Waals surface area contributed by atoms with Crippen molar-refractivity contribution < 1.29 is 95.1 Å². The Morgan fingerprint density at radius 2 is 1.55 bits per heavy atom. The third-order valence-electron chi connectivity index (χ3n) is 7.88. The van der Waals surface area contributed by atoms with Gasteiger partial charge in [-0.3, -0.25) is 41.5 Å². The summed E-state index contributed by atoms with van der Waals surface area (Å²) in [6.45, 7) is -2.50. The maximum Gasteiger partial charge on any atom is 0.309 e. The van der Waals surface area contributed by atoms with Gasteiger partial charge in [-0.2, -0.15) is 9.84 Å². The summed E-state index contributed by atoms with van der Waals surface area (Å²) in [5.74, 6) is -1.61. The molecule has 0 aromatic carbocycles. The number of ether oxygens (including phenoxy) is 2. The van der Waals surface area contributed by atoms with Gasteiger partial charge in [-0.25, -0.2) is 18.8 Å². The van der Waals surface area contributed by atoms with Crippen LogP contribution in [0.25, 0.3) is 22.3 Å². The highest BCUT2D eigenvalue weighted by molar-refractivity contribution is 7.71. The van der Waals surface area contributed by atoms with E-state index in [4.69, 9.17) is 20.9 Å². The van der Waals surface area contributed by atoms with Gasteiger partial charge in [0.05, 0.1) is 26.6 Å². The van der Waals surface area contributed by atoms with E-state index >= 15 is 0 Å². The number of aliphatic hydroxyl groups excluding tert-OH is 4. The molecule has 12 atom stereocenters. The summed E-state index contributed by atoms with van der Waals surface area (Å²) < 4.78 is 79.3. The number of H-pyrrole nitrogens is 1. The minimum atomic E-state index is -6.59. The van der Waals surface area contributed by atoms with Crippen molar-refractivity contribution in [2.75, 3.05) is 24.7 Å². The Kier molecular flexibility index (Phi) is 11.4. The average molecular weight is 877 g/mol. The quantitative estimate of drug-likeness (QED) is 0.0431. The number of anilines is 2. The molecule has 4 unspecified atom stereocenters. The van der Waals surface area contributed by atoms with Crippen LogP contribution in [0.2, 0.25) is 0 Å². The van der Waals surface area contributed by atoms with Crippen LogP contribution in [0, 0.1) is 0 Å². The number of nitrogen functional groups attached to an aromatic ring is 2. The Balaban J connectivity index is 1.03. The van der Waals surface area contributed by atoms with Crippen molar-refractivity contribution in [3.8, 4) is 5.88 Å². The number of phosphoric ester groups is 1. The Hall–Kier alpha value is -3.38. The van der Waals surface area contributed by atoms with Crippen molar-refractivity contribution in [2.24, 2.45) is 7.05 Å². The zero-order valence-electron chi connectivity index (χ0n) is 27.6. The molecule has 0 spiro atoms. The van der Waals surface area contributed by atoms with Crippen molar-refractivity contribution in [3.05, 3.63) is 23.0 Å². The fourth-order valence-electron chi connectivity index (χ4n) is 5.56. The molecule has 0 saturated carbocycles. The molecule has 4 aromatic heterocycles. The maximum atomic E-state index is 12.4. The van der Waals surface area contributed by atoms with E-state index in [1.165, 1.54) is 17.9 Å². The summed E-state index contributed by atoms with van der Waals surface area (Å²) in [6.07, 6.45) is -12.0. The minimum absolute atomic E-state index is 0.0941. The predicted molar refractivity (Wildman–Crippen MR) is 165 cm³/mol. The number of hydrogen-bond acceptors (Lipinski definition) is 26. The number of imidazole rings is 2. The van der Waals surface area contributed by atoms with E-state index in [1.54, 1.807) is 0 Å². The fraction of sp³-hybridized carbons (Fsp3) is 0.524. The van der Waals surface area contributed by atoms with E-state index in [0.29, 0.717) is 4.86 Å². The number of fused-ring (bicyclic) bond motifs is 2. The number of aryl methyl sites for hydroxylation is 1. The summed E-state index contributed by atoms with van der Waals surface area (Å²) in [4.78, 5) is 79.1. The van der Waals surface area contributed by atoms with Crippen molar-refractivity contribution in [1.82, 2.24) is 38.9 Å². The third-order valence-corrected chi connectivity index (χ3v) is 14.1. The molecule has 0 amide bonds. The van der Waals surface area contributed by atoms with Crippen LogP contribution >= 0.6 is 31.1 Å². The summed E-state index contributed by atoms with van der Waals surface area (Å²) in [5, 5.41) is 54.1. The molecule has 2 saturated heterocycles. The number of hydrogen-bond donors (Lipinski definition) is 8. The van der Waals surface area contributed by atoms with E-state index in [-0.39, 0.29) is 28.3 Å². The largest absolute Gasteiger partial charge is 0.856 e. The first-order valence-corrected chi connectivity index (χ1v) is 21.1. The topological polar surface area (TPSA) is 482 Å². The summed E-state index contributed by atoms with van der Waals surface area (Å²) in [6, 6.07) is 0. The Morgan fingerprint density at radius 1 is 0.911 bits per heavy atom. The first kappa shape index (κ1) is 42.2. The van der Waals surface area contributed by atoms with Crippen molar-refractivity contribution in [2.45, 2.75) is 49.1 Å². The highest BCUT2D eigenvalue weighted by Crippen LogP contribution is 2.63. The molecule has 6 heterocycles. The van der Waals surface area contributed by atoms with Gasteiger partial charge >= 0.3 is 5.65 Å². The van der Waals surface area contributed by atoms with Gasteiger partial charge in [-0.15, -0.1) is 0 Å². The number of nitrogens with two attached hydrogens (primary N) is 2. The van der Waals surface area contributed by atoms with Crippen LogP contribution in [0.4, 0.5) is 11.9 Å². The van der Waals surface area contributed by atoms with E-state index in [9.17, 15) is 68.2 Å². The SMILES string of the molecule is Cn1c[n+]([C@@H]2O[C@H](COP(=O)([O-])NP(=O)([O-])OP(=O)([O-])OP(=O)([O-])OC[C@H]3O[C@@H](n4cnc5c(=O)[nH]c(N)nc54)[C@H](O)[C@@H]3O)[C@@H](O)[C@H]2O)c2nc(N)nc([O-])c21. The van der Waals surface area contributed by atoms with Crippen LogP contribution in [-0.4, -0.2) is 104 Å². The molecule has 4 aromatic rings. The summed E-state index contributed by atoms with van der Waals surface area (Å²) in [7, 11) is -23.7. The van der Waals surface area contributed by atoms with Gasteiger partial charge < -0.3 is 75.1 Å². The molecule has 6 rings (SSSR count). The van der Waals surface area contributed by atoms with Crippen LogP contribution in [0.1, 0.15) is 12.5 Å². The zero-order chi connectivity index (χ0) is 41.3. The lowest BCUT2D eigenvalue weighted by atomic mass is 10.1. The van der Waals surface area contributed by atoms with Gasteiger partial charge in [0.25, 0.3) is 27.2 Å². The second kappa shape index (κ2) is 15.1. The molecule has 2 aliphatic heterocycles. The monoisotopic (exact) mass is 877 g/mol. The maximum absolute atomic E-state index is 12.4. The van der Waals surface area contributed by atoms with Crippen LogP contribution < -0.4 is 51.1 Å². The lowest BCUT2D eigenvalue weighted by Crippen LogP contribution is -2.46. The van der Waals surface area contributed by atoms with Gasteiger partial charge in [-0.05, 0) is 0 Å². The number of rotatable bonds is 14. The minimum Gasteiger partial charge on any atom is -0.856 e. The molecular weight excluding hydrogens is 850 g/mol. The van der Waals surface area contributed by atoms with E-state index in [0.717, 1.165) is 15.5 Å².